The van der Waals surface area contributed by atoms with Gasteiger partial charge in [0.15, 0.2) is 0 Å². The maximum Gasteiger partial charge on any atom is 0.126 e. The summed E-state index contributed by atoms with van der Waals surface area (Å²) in [5.41, 5.74) is 6.45. The number of nitrogens with two attached hydrogens (primary N) is 1. The third-order valence-corrected chi connectivity index (χ3v) is 2.78. The van der Waals surface area contributed by atoms with Crippen molar-refractivity contribution in [2.45, 2.75) is 32.8 Å². The molecular formula is C14H22FNO. The highest BCUT2D eigenvalue weighted by molar-refractivity contribution is 5.17. The number of ether oxygens (including phenoxy) is 1. The molecule has 0 heterocycles. The van der Waals surface area contributed by atoms with Gasteiger partial charge in [-0.25, -0.2) is 4.39 Å². The second-order valence-electron chi connectivity index (χ2n) is 4.61. The van der Waals surface area contributed by atoms with Gasteiger partial charge < -0.3 is 10.5 Å². The van der Waals surface area contributed by atoms with Gasteiger partial charge in [-0.3, -0.25) is 0 Å². The van der Waals surface area contributed by atoms with Gasteiger partial charge in [0.1, 0.15) is 5.82 Å². The molecule has 0 spiro atoms. The maximum atomic E-state index is 13.5. The SMILES string of the molecule is CC(C)OCCC(CN)Cc1ccccc1F. The minimum absolute atomic E-state index is 0.143. The molecule has 0 aliphatic heterocycles. The first-order valence-electron chi connectivity index (χ1n) is 6.18. The second-order valence-corrected chi connectivity index (χ2v) is 4.61. The van der Waals surface area contributed by atoms with E-state index in [2.05, 4.69) is 0 Å². The summed E-state index contributed by atoms with van der Waals surface area (Å²) in [6.45, 7) is 5.27. The molecule has 0 radical (unpaired) electrons. The van der Waals surface area contributed by atoms with Crippen LogP contribution in [0.15, 0.2) is 24.3 Å². The van der Waals surface area contributed by atoms with E-state index in [0.29, 0.717) is 19.6 Å². The summed E-state index contributed by atoms with van der Waals surface area (Å²) in [7, 11) is 0. The minimum atomic E-state index is -0.143. The summed E-state index contributed by atoms with van der Waals surface area (Å²) in [4.78, 5) is 0. The Morgan fingerprint density at radius 3 is 2.59 bits per heavy atom. The van der Waals surface area contributed by atoms with Crippen LogP contribution in [0.25, 0.3) is 0 Å². The van der Waals surface area contributed by atoms with Crippen molar-refractivity contribution in [1.29, 1.82) is 0 Å². The van der Waals surface area contributed by atoms with E-state index in [1.54, 1.807) is 6.07 Å². The maximum absolute atomic E-state index is 13.5. The Hall–Kier alpha value is -0.930. The van der Waals surface area contributed by atoms with Crippen LogP contribution < -0.4 is 5.73 Å². The highest BCUT2D eigenvalue weighted by Gasteiger charge is 2.11. The number of halogens is 1. The Morgan fingerprint density at radius 1 is 1.29 bits per heavy atom. The van der Waals surface area contributed by atoms with E-state index >= 15 is 0 Å². The summed E-state index contributed by atoms with van der Waals surface area (Å²) in [5.74, 6) is 0.140. The number of hydrogen-bond acceptors (Lipinski definition) is 2. The molecule has 1 atom stereocenters. The molecule has 1 aromatic carbocycles. The van der Waals surface area contributed by atoms with E-state index in [-0.39, 0.29) is 17.8 Å². The van der Waals surface area contributed by atoms with E-state index in [1.807, 2.05) is 26.0 Å². The monoisotopic (exact) mass is 239 g/mol. The lowest BCUT2D eigenvalue weighted by Gasteiger charge is -2.16. The molecule has 0 bridgehead atoms. The smallest absolute Gasteiger partial charge is 0.126 e. The van der Waals surface area contributed by atoms with Crippen molar-refractivity contribution in [3.63, 3.8) is 0 Å². The fourth-order valence-corrected chi connectivity index (χ4v) is 1.75. The first kappa shape index (κ1) is 14.1. The van der Waals surface area contributed by atoms with E-state index < -0.39 is 0 Å². The third kappa shape index (κ3) is 5.29. The third-order valence-electron chi connectivity index (χ3n) is 2.78. The molecule has 1 aromatic rings. The molecule has 0 amide bonds. The summed E-state index contributed by atoms with van der Waals surface area (Å²) >= 11 is 0. The normalized spacial score (nSPS) is 13.0. The highest BCUT2D eigenvalue weighted by Crippen LogP contribution is 2.15. The van der Waals surface area contributed by atoms with Crippen molar-refractivity contribution >= 4 is 0 Å². The topological polar surface area (TPSA) is 35.2 Å². The Kier molecular flexibility index (Phi) is 6.16. The van der Waals surface area contributed by atoms with Crippen LogP contribution in [0, 0.1) is 11.7 Å². The van der Waals surface area contributed by atoms with Gasteiger partial charge in [0, 0.05) is 6.61 Å². The van der Waals surface area contributed by atoms with Crippen molar-refractivity contribution in [1.82, 2.24) is 0 Å². The summed E-state index contributed by atoms with van der Waals surface area (Å²) < 4.78 is 19.0. The molecule has 2 N–H and O–H groups in total. The van der Waals surface area contributed by atoms with Crippen molar-refractivity contribution in [3.05, 3.63) is 35.6 Å². The van der Waals surface area contributed by atoms with Gasteiger partial charge in [0.05, 0.1) is 6.10 Å². The molecule has 0 saturated carbocycles. The van der Waals surface area contributed by atoms with E-state index in [9.17, 15) is 4.39 Å². The number of rotatable bonds is 7. The molecule has 0 aliphatic carbocycles. The Labute approximate surface area is 103 Å². The van der Waals surface area contributed by atoms with Gasteiger partial charge >= 0.3 is 0 Å². The van der Waals surface area contributed by atoms with E-state index in [0.717, 1.165) is 12.0 Å². The predicted molar refractivity (Wildman–Crippen MR) is 68.4 cm³/mol. The molecule has 1 unspecified atom stereocenters. The first-order chi connectivity index (χ1) is 8.13. The van der Waals surface area contributed by atoms with Gasteiger partial charge in [0.25, 0.3) is 0 Å². The molecule has 1 rings (SSSR count). The standard InChI is InChI=1S/C14H22FNO/c1-11(2)17-8-7-12(10-16)9-13-5-3-4-6-14(13)15/h3-6,11-12H,7-10,16H2,1-2H3. The second kappa shape index (κ2) is 7.41. The molecule has 2 nitrogen and oxygen atoms in total. The van der Waals surface area contributed by atoms with Crippen molar-refractivity contribution < 1.29 is 9.13 Å². The molecule has 17 heavy (non-hydrogen) atoms. The minimum Gasteiger partial charge on any atom is -0.379 e. The fourth-order valence-electron chi connectivity index (χ4n) is 1.75. The quantitative estimate of drug-likeness (QED) is 0.794. The van der Waals surface area contributed by atoms with E-state index in [4.69, 9.17) is 10.5 Å². The van der Waals surface area contributed by atoms with Crippen molar-refractivity contribution in [2.24, 2.45) is 11.7 Å². The number of hydrogen-bond donors (Lipinski definition) is 1. The Morgan fingerprint density at radius 2 is 2.00 bits per heavy atom. The molecule has 0 fully saturated rings. The van der Waals surface area contributed by atoms with Crippen molar-refractivity contribution in [3.8, 4) is 0 Å². The zero-order chi connectivity index (χ0) is 12.7. The Balaban J connectivity index is 2.44. The van der Waals surface area contributed by atoms with Crippen LogP contribution in [-0.2, 0) is 11.2 Å². The summed E-state index contributed by atoms with van der Waals surface area (Å²) in [6, 6.07) is 6.88. The molecular weight excluding hydrogens is 217 g/mol. The van der Waals surface area contributed by atoms with Crippen molar-refractivity contribution in [2.75, 3.05) is 13.2 Å². The van der Waals surface area contributed by atoms with Crippen LogP contribution in [0.2, 0.25) is 0 Å². The van der Waals surface area contributed by atoms with Crippen LogP contribution in [-0.4, -0.2) is 19.3 Å². The lowest BCUT2D eigenvalue weighted by Crippen LogP contribution is -2.20. The first-order valence-corrected chi connectivity index (χ1v) is 6.18. The summed E-state index contributed by atoms with van der Waals surface area (Å²) in [5, 5.41) is 0. The number of benzene rings is 1. The van der Waals surface area contributed by atoms with Gasteiger partial charge in [-0.1, -0.05) is 18.2 Å². The largest absolute Gasteiger partial charge is 0.379 e. The molecule has 0 aliphatic rings. The molecule has 0 aromatic heterocycles. The average molecular weight is 239 g/mol. The van der Waals surface area contributed by atoms with Gasteiger partial charge in [-0.2, -0.15) is 0 Å². The van der Waals surface area contributed by atoms with Crippen LogP contribution in [0.3, 0.4) is 0 Å². The zero-order valence-electron chi connectivity index (χ0n) is 10.7. The summed E-state index contributed by atoms with van der Waals surface area (Å²) in [6.07, 6.45) is 1.80. The predicted octanol–water partition coefficient (Wildman–Crippen LogP) is 2.76. The van der Waals surface area contributed by atoms with Gasteiger partial charge in [-0.15, -0.1) is 0 Å². The molecule has 0 saturated heterocycles. The fraction of sp³-hybridized carbons (Fsp3) is 0.571. The lowest BCUT2D eigenvalue weighted by atomic mass is 9.96. The van der Waals surface area contributed by atoms with Crippen LogP contribution in [0.4, 0.5) is 4.39 Å². The lowest BCUT2D eigenvalue weighted by molar-refractivity contribution is 0.0689. The van der Waals surface area contributed by atoms with Crippen LogP contribution in [0.5, 0.6) is 0 Å². The molecule has 96 valence electrons. The Bertz CT molecular complexity index is 328. The van der Waals surface area contributed by atoms with Gasteiger partial charge in [0.2, 0.25) is 0 Å². The molecule has 3 heteroatoms. The van der Waals surface area contributed by atoms with E-state index in [1.165, 1.54) is 6.07 Å². The van der Waals surface area contributed by atoms with Crippen LogP contribution >= 0.6 is 0 Å². The van der Waals surface area contributed by atoms with Gasteiger partial charge in [-0.05, 0) is 50.8 Å². The average Bonchev–Trinajstić information content (AvgIpc) is 2.30. The highest BCUT2D eigenvalue weighted by atomic mass is 19.1. The van der Waals surface area contributed by atoms with Crippen LogP contribution in [0.1, 0.15) is 25.8 Å². The zero-order valence-corrected chi connectivity index (χ0v) is 10.7.